The first kappa shape index (κ1) is 20.0. The van der Waals surface area contributed by atoms with Gasteiger partial charge in [0.15, 0.2) is 0 Å². The third kappa shape index (κ3) is 3.78. The molecular weight excluding hydrogens is 396 g/mol. The van der Waals surface area contributed by atoms with Gasteiger partial charge in [0.2, 0.25) is 0 Å². The second-order valence-corrected chi connectivity index (χ2v) is 8.38. The monoisotopic (exact) mass is 418 g/mol. The second-order valence-electron chi connectivity index (χ2n) is 7.17. The van der Waals surface area contributed by atoms with Gasteiger partial charge in [0.25, 0.3) is 5.56 Å². The standard InChI is InChI=1S/C24H22N2O3S/c1-4-29-24(28)19-11-7-17(8-12-19)13-26-14-25-22-21(23(26)27)20(16(3)30-22)18-9-5-15(2)6-10-18/h5-12,14H,4,13H2,1-3H3. The zero-order valence-corrected chi connectivity index (χ0v) is 18.0. The quantitative estimate of drug-likeness (QED) is 0.430. The molecule has 0 spiro atoms. The molecule has 0 aliphatic rings. The van der Waals surface area contributed by atoms with Crippen LogP contribution in [0.4, 0.5) is 0 Å². The molecule has 5 nitrogen and oxygen atoms in total. The van der Waals surface area contributed by atoms with Crippen LogP contribution in [-0.4, -0.2) is 22.1 Å². The molecule has 0 saturated heterocycles. The van der Waals surface area contributed by atoms with Crippen LogP contribution in [0.3, 0.4) is 0 Å². The maximum atomic E-state index is 13.3. The second kappa shape index (κ2) is 8.24. The van der Waals surface area contributed by atoms with Crippen molar-refractivity contribution >= 4 is 27.5 Å². The third-order valence-corrected chi connectivity index (χ3v) is 6.03. The lowest BCUT2D eigenvalue weighted by molar-refractivity contribution is 0.0526. The van der Waals surface area contributed by atoms with E-state index in [0.29, 0.717) is 24.1 Å². The molecule has 0 bridgehead atoms. The highest BCUT2D eigenvalue weighted by Crippen LogP contribution is 2.35. The Hall–Kier alpha value is -3.25. The number of carbonyl (C=O) groups excluding carboxylic acids is 1. The Morgan fingerprint density at radius 3 is 2.43 bits per heavy atom. The van der Waals surface area contributed by atoms with Gasteiger partial charge in [0.05, 0.1) is 30.4 Å². The Morgan fingerprint density at radius 1 is 1.07 bits per heavy atom. The summed E-state index contributed by atoms with van der Waals surface area (Å²) < 4.78 is 6.63. The topological polar surface area (TPSA) is 61.2 Å². The minimum Gasteiger partial charge on any atom is -0.462 e. The molecule has 0 atom stereocenters. The van der Waals surface area contributed by atoms with Crippen LogP contribution in [0, 0.1) is 13.8 Å². The van der Waals surface area contributed by atoms with E-state index in [0.717, 1.165) is 26.4 Å². The summed E-state index contributed by atoms with van der Waals surface area (Å²) in [5, 5.41) is 0.659. The summed E-state index contributed by atoms with van der Waals surface area (Å²) in [4.78, 5) is 31.5. The highest BCUT2D eigenvalue weighted by molar-refractivity contribution is 7.19. The number of carbonyl (C=O) groups is 1. The minimum absolute atomic E-state index is 0.0607. The van der Waals surface area contributed by atoms with Crippen LogP contribution < -0.4 is 5.56 Å². The lowest BCUT2D eigenvalue weighted by atomic mass is 10.0. The fraction of sp³-hybridized carbons (Fsp3) is 0.208. The molecule has 4 rings (SSSR count). The van der Waals surface area contributed by atoms with Crippen LogP contribution >= 0.6 is 11.3 Å². The molecule has 152 valence electrons. The van der Waals surface area contributed by atoms with Gasteiger partial charge in [-0.25, -0.2) is 9.78 Å². The van der Waals surface area contributed by atoms with Crippen LogP contribution in [0.25, 0.3) is 21.3 Å². The summed E-state index contributed by atoms with van der Waals surface area (Å²) >= 11 is 1.54. The van der Waals surface area contributed by atoms with Gasteiger partial charge in [-0.15, -0.1) is 11.3 Å². The van der Waals surface area contributed by atoms with Crippen molar-refractivity contribution in [3.05, 3.63) is 86.8 Å². The zero-order chi connectivity index (χ0) is 21.3. The average Bonchev–Trinajstić information content (AvgIpc) is 3.08. The van der Waals surface area contributed by atoms with Crippen LogP contribution in [0.15, 0.2) is 59.7 Å². The van der Waals surface area contributed by atoms with Crippen LogP contribution in [0.5, 0.6) is 0 Å². The van der Waals surface area contributed by atoms with Gasteiger partial charge in [0.1, 0.15) is 4.83 Å². The third-order valence-electron chi connectivity index (χ3n) is 5.01. The fourth-order valence-electron chi connectivity index (χ4n) is 3.48. The van der Waals surface area contributed by atoms with Crippen LogP contribution in [-0.2, 0) is 11.3 Å². The number of aryl methyl sites for hydroxylation is 2. The molecule has 0 aliphatic carbocycles. The van der Waals surface area contributed by atoms with Crippen molar-refractivity contribution in [3.63, 3.8) is 0 Å². The Kier molecular flexibility index (Phi) is 5.50. The first-order valence-corrected chi connectivity index (χ1v) is 10.6. The molecule has 30 heavy (non-hydrogen) atoms. The minimum atomic E-state index is -0.346. The molecule has 2 aromatic heterocycles. The van der Waals surface area contributed by atoms with Gasteiger partial charge in [-0.3, -0.25) is 9.36 Å². The van der Waals surface area contributed by atoms with E-state index in [-0.39, 0.29) is 11.5 Å². The van der Waals surface area contributed by atoms with Crippen LogP contribution in [0.1, 0.15) is 33.3 Å². The number of hydrogen-bond acceptors (Lipinski definition) is 5. The molecule has 2 heterocycles. The zero-order valence-electron chi connectivity index (χ0n) is 17.1. The Labute approximate surface area is 178 Å². The Bertz CT molecular complexity index is 1270. The molecule has 0 saturated carbocycles. The first-order valence-electron chi connectivity index (χ1n) is 9.79. The van der Waals surface area contributed by atoms with Gasteiger partial charge in [-0.05, 0) is 44.0 Å². The van der Waals surface area contributed by atoms with Gasteiger partial charge in [0, 0.05) is 10.4 Å². The van der Waals surface area contributed by atoms with Crippen molar-refractivity contribution in [1.82, 2.24) is 9.55 Å². The van der Waals surface area contributed by atoms with Gasteiger partial charge in [-0.2, -0.15) is 0 Å². The van der Waals surface area contributed by atoms with Crippen molar-refractivity contribution in [3.8, 4) is 11.1 Å². The molecule has 0 amide bonds. The molecule has 4 aromatic rings. The lowest BCUT2D eigenvalue weighted by Crippen LogP contribution is -2.21. The molecular formula is C24H22N2O3S. The van der Waals surface area contributed by atoms with Crippen molar-refractivity contribution in [2.75, 3.05) is 6.61 Å². The average molecular weight is 419 g/mol. The molecule has 0 N–H and O–H groups in total. The molecule has 0 aliphatic heterocycles. The number of ether oxygens (including phenoxy) is 1. The molecule has 0 fully saturated rings. The van der Waals surface area contributed by atoms with Crippen molar-refractivity contribution in [2.24, 2.45) is 0 Å². The summed E-state index contributed by atoms with van der Waals surface area (Å²) in [7, 11) is 0. The predicted molar refractivity (Wildman–Crippen MR) is 120 cm³/mol. The maximum absolute atomic E-state index is 13.3. The molecule has 2 aromatic carbocycles. The normalized spacial score (nSPS) is 11.0. The van der Waals surface area contributed by atoms with Gasteiger partial charge in [-0.1, -0.05) is 42.0 Å². The summed E-state index contributed by atoms with van der Waals surface area (Å²) in [5.41, 5.74) is 4.51. The first-order chi connectivity index (χ1) is 14.5. The van der Waals surface area contributed by atoms with E-state index in [1.807, 2.05) is 26.0 Å². The number of esters is 1. The number of benzene rings is 2. The van der Waals surface area contributed by atoms with E-state index < -0.39 is 0 Å². The predicted octanol–water partition coefficient (Wildman–Crippen LogP) is 4.97. The lowest BCUT2D eigenvalue weighted by Gasteiger charge is -2.08. The number of rotatable bonds is 5. The number of aromatic nitrogens is 2. The van der Waals surface area contributed by atoms with E-state index in [4.69, 9.17) is 4.74 Å². The van der Waals surface area contributed by atoms with E-state index >= 15 is 0 Å². The van der Waals surface area contributed by atoms with Crippen molar-refractivity contribution in [1.29, 1.82) is 0 Å². The molecule has 6 heteroatoms. The fourth-order valence-corrected chi connectivity index (χ4v) is 4.48. The van der Waals surface area contributed by atoms with Crippen molar-refractivity contribution < 1.29 is 9.53 Å². The summed E-state index contributed by atoms with van der Waals surface area (Å²) in [5.74, 6) is -0.346. The highest BCUT2D eigenvalue weighted by Gasteiger charge is 2.17. The highest BCUT2D eigenvalue weighted by atomic mass is 32.1. The number of thiophene rings is 1. The number of fused-ring (bicyclic) bond motifs is 1. The van der Waals surface area contributed by atoms with E-state index in [1.165, 1.54) is 5.56 Å². The maximum Gasteiger partial charge on any atom is 0.338 e. The van der Waals surface area contributed by atoms with Crippen molar-refractivity contribution in [2.45, 2.75) is 27.3 Å². The Balaban J connectivity index is 1.72. The smallest absolute Gasteiger partial charge is 0.338 e. The largest absolute Gasteiger partial charge is 0.462 e. The SMILES string of the molecule is CCOC(=O)c1ccc(Cn2cnc3sc(C)c(-c4ccc(C)cc4)c3c2=O)cc1. The van der Waals surface area contributed by atoms with Gasteiger partial charge >= 0.3 is 5.97 Å². The summed E-state index contributed by atoms with van der Waals surface area (Å²) in [6.45, 7) is 6.57. The Morgan fingerprint density at radius 2 is 1.77 bits per heavy atom. The summed E-state index contributed by atoms with van der Waals surface area (Å²) in [6, 6.07) is 15.3. The molecule has 0 unspecified atom stereocenters. The molecule has 0 radical (unpaired) electrons. The van der Waals surface area contributed by atoms with E-state index in [2.05, 4.69) is 29.2 Å². The number of nitrogens with zero attached hydrogens (tertiary/aromatic N) is 2. The van der Waals surface area contributed by atoms with E-state index in [1.54, 1.807) is 41.3 Å². The van der Waals surface area contributed by atoms with Gasteiger partial charge < -0.3 is 4.74 Å². The van der Waals surface area contributed by atoms with Crippen LogP contribution in [0.2, 0.25) is 0 Å². The number of hydrogen-bond donors (Lipinski definition) is 0. The summed E-state index contributed by atoms with van der Waals surface area (Å²) in [6.07, 6.45) is 1.60. The van der Waals surface area contributed by atoms with E-state index in [9.17, 15) is 9.59 Å².